The number of hydrogen-bond acceptors (Lipinski definition) is 4. The minimum absolute atomic E-state index is 0.367. The molecule has 1 rings (SSSR count). The summed E-state index contributed by atoms with van der Waals surface area (Å²) in [7, 11) is 1.71. The smallest absolute Gasteiger partial charge is 0.415 e. The van der Waals surface area contributed by atoms with Gasteiger partial charge in [0.05, 0.1) is 0 Å². The lowest BCUT2D eigenvalue weighted by Gasteiger charge is -2.14. The molecule has 0 amide bonds. The fraction of sp³-hybridized carbons (Fsp3) is 0.462. The van der Waals surface area contributed by atoms with Crippen LogP contribution in [0.15, 0.2) is 12.1 Å². The summed E-state index contributed by atoms with van der Waals surface area (Å²) in [5, 5.41) is 2.80. The van der Waals surface area contributed by atoms with E-state index >= 15 is 0 Å². The van der Waals surface area contributed by atoms with Crippen LogP contribution in [0.2, 0.25) is 0 Å². The van der Waals surface area contributed by atoms with Crippen LogP contribution in [0.4, 0.5) is 4.79 Å². The maximum absolute atomic E-state index is 11.5. The monoisotopic (exact) mass is 237 g/mol. The van der Waals surface area contributed by atoms with Gasteiger partial charge in [-0.15, -0.1) is 0 Å². The number of ether oxygens (including phenoxy) is 2. The molecule has 0 fully saturated rings. The van der Waals surface area contributed by atoms with Gasteiger partial charge in [0.15, 0.2) is 6.23 Å². The zero-order chi connectivity index (χ0) is 13.0. The van der Waals surface area contributed by atoms with Gasteiger partial charge in [-0.1, -0.05) is 17.7 Å². The predicted molar refractivity (Wildman–Crippen MR) is 66.3 cm³/mol. The highest BCUT2D eigenvalue weighted by Crippen LogP contribution is 2.24. The summed E-state index contributed by atoms with van der Waals surface area (Å²) in [5.74, 6) is 0.573. The maximum Gasteiger partial charge on any atom is 0.515 e. The number of aryl methyl sites for hydroxylation is 3. The van der Waals surface area contributed by atoms with Crippen molar-refractivity contribution in [2.75, 3.05) is 7.05 Å². The van der Waals surface area contributed by atoms with Gasteiger partial charge in [0.1, 0.15) is 5.75 Å². The van der Waals surface area contributed by atoms with Gasteiger partial charge in [0, 0.05) is 0 Å². The molecule has 1 aromatic rings. The molecule has 1 atom stereocenters. The summed E-state index contributed by atoms with van der Waals surface area (Å²) < 4.78 is 10.2. The number of benzene rings is 1. The van der Waals surface area contributed by atoms with Crippen LogP contribution in [0.25, 0.3) is 0 Å². The second kappa shape index (κ2) is 5.68. The zero-order valence-corrected chi connectivity index (χ0v) is 11.0. The molecule has 0 aliphatic rings. The summed E-state index contributed by atoms with van der Waals surface area (Å²) in [6, 6.07) is 3.94. The third-order valence-electron chi connectivity index (χ3n) is 2.47. The Labute approximate surface area is 102 Å². The Kier molecular flexibility index (Phi) is 4.52. The third-order valence-corrected chi connectivity index (χ3v) is 2.47. The molecule has 0 bridgehead atoms. The van der Waals surface area contributed by atoms with Gasteiger partial charge in [-0.25, -0.2) is 4.79 Å². The largest absolute Gasteiger partial charge is 0.515 e. The van der Waals surface area contributed by atoms with Crippen LogP contribution in [-0.2, 0) is 4.74 Å². The summed E-state index contributed by atoms with van der Waals surface area (Å²) in [6.45, 7) is 7.55. The topological polar surface area (TPSA) is 47.6 Å². The van der Waals surface area contributed by atoms with E-state index in [-0.39, 0.29) is 6.23 Å². The Morgan fingerprint density at radius 3 is 2.24 bits per heavy atom. The lowest BCUT2D eigenvalue weighted by atomic mass is 10.1. The molecule has 1 unspecified atom stereocenters. The highest BCUT2D eigenvalue weighted by molar-refractivity contribution is 5.65. The molecule has 4 heteroatoms. The van der Waals surface area contributed by atoms with Gasteiger partial charge in [0.2, 0.25) is 0 Å². The SMILES string of the molecule is CNC(C)OC(=O)Oc1c(C)cc(C)cc1C. The molecule has 1 aromatic carbocycles. The molecular formula is C13H19NO3. The number of hydrogen-bond donors (Lipinski definition) is 1. The molecule has 0 radical (unpaired) electrons. The number of nitrogens with one attached hydrogen (secondary N) is 1. The van der Waals surface area contributed by atoms with Crippen LogP contribution in [0, 0.1) is 20.8 Å². The van der Waals surface area contributed by atoms with Gasteiger partial charge in [-0.2, -0.15) is 0 Å². The Morgan fingerprint density at radius 1 is 1.24 bits per heavy atom. The van der Waals surface area contributed by atoms with Crippen molar-refractivity contribution in [3.63, 3.8) is 0 Å². The first-order chi connectivity index (χ1) is 7.93. The van der Waals surface area contributed by atoms with E-state index in [1.54, 1.807) is 14.0 Å². The van der Waals surface area contributed by atoms with Gasteiger partial charge in [0.25, 0.3) is 0 Å². The van der Waals surface area contributed by atoms with Crippen molar-refractivity contribution in [1.29, 1.82) is 0 Å². The maximum atomic E-state index is 11.5. The van der Waals surface area contributed by atoms with Crippen LogP contribution >= 0.6 is 0 Å². The third kappa shape index (κ3) is 3.75. The Balaban J connectivity index is 2.78. The average Bonchev–Trinajstić information content (AvgIpc) is 2.23. The lowest BCUT2D eigenvalue weighted by Crippen LogP contribution is -2.29. The standard InChI is InChI=1S/C13H19NO3/c1-8-6-9(2)12(10(3)7-8)17-13(15)16-11(4)14-5/h6-7,11,14H,1-5H3. The average molecular weight is 237 g/mol. The van der Waals surface area contributed by atoms with Crippen LogP contribution in [0.5, 0.6) is 5.75 Å². The first kappa shape index (κ1) is 13.5. The van der Waals surface area contributed by atoms with Gasteiger partial charge in [-0.05, 0) is 45.9 Å². The van der Waals surface area contributed by atoms with Gasteiger partial charge >= 0.3 is 6.16 Å². The molecule has 0 saturated carbocycles. The summed E-state index contributed by atoms with van der Waals surface area (Å²) >= 11 is 0. The van der Waals surface area contributed by atoms with Gasteiger partial charge < -0.3 is 9.47 Å². The molecule has 4 nitrogen and oxygen atoms in total. The molecule has 0 heterocycles. The van der Waals surface area contributed by atoms with Crippen LogP contribution < -0.4 is 10.1 Å². The fourth-order valence-corrected chi connectivity index (χ4v) is 1.64. The van der Waals surface area contributed by atoms with Crippen molar-refractivity contribution in [1.82, 2.24) is 5.32 Å². The highest BCUT2D eigenvalue weighted by Gasteiger charge is 2.13. The molecule has 0 aromatic heterocycles. The van der Waals surface area contributed by atoms with Crippen LogP contribution in [0.3, 0.4) is 0 Å². The molecule has 1 N–H and O–H groups in total. The second-order valence-electron chi connectivity index (χ2n) is 4.13. The minimum Gasteiger partial charge on any atom is -0.415 e. The normalized spacial score (nSPS) is 12.1. The van der Waals surface area contributed by atoms with E-state index in [0.717, 1.165) is 16.7 Å². The van der Waals surface area contributed by atoms with Gasteiger partial charge in [-0.3, -0.25) is 5.32 Å². The van der Waals surface area contributed by atoms with Crippen molar-refractivity contribution < 1.29 is 14.3 Å². The lowest BCUT2D eigenvalue weighted by molar-refractivity contribution is 0.0547. The van der Waals surface area contributed by atoms with Crippen LogP contribution in [0.1, 0.15) is 23.6 Å². The van der Waals surface area contributed by atoms with Crippen molar-refractivity contribution in [3.05, 3.63) is 28.8 Å². The predicted octanol–water partition coefficient (Wildman–Crippen LogP) is 2.69. The molecule has 94 valence electrons. The minimum atomic E-state index is -0.693. The molecule has 0 aliphatic heterocycles. The van der Waals surface area contributed by atoms with E-state index in [4.69, 9.17) is 9.47 Å². The fourth-order valence-electron chi connectivity index (χ4n) is 1.64. The summed E-state index contributed by atoms with van der Waals surface area (Å²) in [6.07, 6.45) is -1.06. The quantitative estimate of drug-likeness (QED) is 0.499. The molecular weight excluding hydrogens is 218 g/mol. The summed E-state index contributed by atoms with van der Waals surface area (Å²) in [4.78, 5) is 11.5. The number of rotatable bonds is 3. The number of carbonyl (C=O) groups is 1. The van der Waals surface area contributed by atoms with E-state index in [0.29, 0.717) is 5.75 Å². The van der Waals surface area contributed by atoms with Crippen molar-refractivity contribution in [2.45, 2.75) is 33.9 Å². The summed E-state index contributed by atoms with van der Waals surface area (Å²) in [5.41, 5.74) is 3.00. The molecule has 0 aliphatic carbocycles. The Hall–Kier alpha value is -1.55. The van der Waals surface area contributed by atoms with Crippen LogP contribution in [-0.4, -0.2) is 19.4 Å². The van der Waals surface area contributed by atoms with Crippen molar-refractivity contribution in [3.8, 4) is 5.75 Å². The highest BCUT2D eigenvalue weighted by atomic mass is 16.7. The zero-order valence-electron chi connectivity index (χ0n) is 11.0. The van der Waals surface area contributed by atoms with Crippen molar-refractivity contribution in [2.24, 2.45) is 0 Å². The molecule has 17 heavy (non-hydrogen) atoms. The second-order valence-corrected chi connectivity index (χ2v) is 4.13. The Bertz CT molecular complexity index is 392. The first-order valence-corrected chi connectivity index (χ1v) is 5.57. The van der Waals surface area contributed by atoms with E-state index < -0.39 is 6.16 Å². The van der Waals surface area contributed by atoms with E-state index in [1.807, 2.05) is 32.9 Å². The number of carbonyl (C=O) groups excluding carboxylic acids is 1. The van der Waals surface area contributed by atoms with E-state index in [1.165, 1.54) is 0 Å². The van der Waals surface area contributed by atoms with E-state index in [9.17, 15) is 4.79 Å². The Morgan fingerprint density at radius 2 is 1.76 bits per heavy atom. The first-order valence-electron chi connectivity index (χ1n) is 5.57. The molecule has 0 spiro atoms. The molecule has 0 saturated heterocycles. The van der Waals surface area contributed by atoms with Crippen molar-refractivity contribution >= 4 is 6.16 Å². The van der Waals surface area contributed by atoms with E-state index in [2.05, 4.69) is 5.32 Å².